The van der Waals surface area contributed by atoms with Crippen molar-refractivity contribution in [3.8, 4) is 0 Å². The van der Waals surface area contributed by atoms with Crippen molar-refractivity contribution in [2.24, 2.45) is 0 Å². The molecule has 1 aromatic carbocycles. The summed E-state index contributed by atoms with van der Waals surface area (Å²) < 4.78 is 0. The molecule has 1 N–H and O–H groups in total. The molecule has 0 spiro atoms. The predicted molar refractivity (Wildman–Crippen MR) is 74.7 cm³/mol. The fraction of sp³-hybridized carbons (Fsp3) is 0.267. The number of carbonyl (C=O) groups is 1. The van der Waals surface area contributed by atoms with Crippen LogP contribution in [-0.2, 0) is 4.79 Å². The highest BCUT2D eigenvalue weighted by atomic mass is 32.2. The maximum Gasteiger partial charge on any atom is 0.178 e. The lowest BCUT2D eigenvalue weighted by Gasteiger charge is -2.29. The van der Waals surface area contributed by atoms with Gasteiger partial charge in [-0.2, -0.15) is 0 Å². The normalized spacial score (nSPS) is 18.9. The number of aliphatic hydroxyl groups is 1. The van der Waals surface area contributed by atoms with Crippen LogP contribution < -0.4 is 0 Å². The molecule has 0 amide bonds. The summed E-state index contributed by atoms with van der Waals surface area (Å²) in [6, 6.07) is 8.08. The molecule has 0 saturated carbocycles. The first-order chi connectivity index (χ1) is 8.51. The summed E-state index contributed by atoms with van der Waals surface area (Å²) in [5.74, 6) is -0.0761. The fourth-order valence-electron chi connectivity index (χ4n) is 1.79. The van der Waals surface area contributed by atoms with Gasteiger partial charge in [-0.15, -0.1) is 11.8 Å². The zero-order valence-corrected chi connectivity index (χ0v) is 11.3. The van der Waals surface area contributed by atoms with Crippen molar-refractivity contribution < 1.29 is 9.90 Å². The highest BCUT2D eigenvalue weighted by Crippen LogP contribution is 2.34. The summed E-state index contributed by atoms with van der Waals surface area (Å²) in [5.41, 5.74) is 0.138. The minimum Gasteiger partial charge on any atom is -0.380 e. The number of ketones is 1. The Labute approximate surface area is 111 Å². The van der Waals surface area contributed by atoms with E-state index < -0.39 is 5.60 Å². The van der Waals surface area contributed by atoms with Crippen LogP contribution in [0.1, 0.15) is 12.5 Å². The molecule has 0 aromatic heterocycles. The van der Waals surface area contributed by atoms with Crippen molar-refractivity contribution in [1.82, 2.24) is 0 Å². The van der Waals surface area contributed by atoms with E-state index in [2.05, 4.69) is 13.0 Å². The van der Waals surface area contributed by atoms with Crippen LogP contribution in [0.2, 0.25) is 0 Å². The maximum absolute atomic E-state index is 11.1. The van der Waals surface area contributed by atoms with Crippen molar-refractivity contribution >= 4 is 17.5 Å². The molecule has 18 heavy (non-hydrogen) atoms. The van der Waals surface area contributed by atoms with Crippen LogP contribution in [-0.4, -0.2) is 21.7 Å². The molecule has 0 saturated heterocycles. The number of allylic oxidation sites excluding steroid dienone is 2. The second-order valence-electron chi connectivity index (χ2n) is 4.48. The molecular formula is C15H16O2S. The molecule has 1 aliphatic carbocycles. The van der Waals surface area contributed by atoms with E-state index in [4.69, 9.17) is 0 Å². The number of carbonyl (C=O) groups excluding carboxylic acids is 1. The second-order valence-corrected chi connectivity index (χ2v) is 5.86. The number of hydrogen-bond acceptors (Lipinski definition) is 3. The third kappa shape index (κ3) is 2.74. The molecule has 0 heterocycles. The van der Waals surface area contributed by atoms with Crippen molar-refractivity contribution in [2.75, 3.05) is 0 Å². The van der Waals surface area contributed by atoms with E-state index in [0.29, 0.717) is 0 Å². The molecule has 2 nitrogen and oxygen atoms in total. The number of benzene rings is 1. The molecule has 1 aliphatic rings. The van der Waals surface area contributed by atoms with E-state index in [0.717, 1.165) is 4.90 Å². The van der Waals surface area contributed by atoms with Crippen molar-refractivity contribution in [3.05, 3.63) is 54.1 Å². The molecule has 1 unspecified atom stereocenters. The van der Waals surface area contributed by atoms with E-state index in [9.17, 15) is 9.90 Å². The van der Waals surface area contributed by atoms with E-state index >= 15 is 0 Å². The topological polar surface area (TPSA) is 37.3 Å². The van der Waals surface area contributed by atoms with Gasteiger partial charge in [-0.3, -0.25) is 4.79 Å². The van der Waals surface area contributed by atoms with Gasteiger partial charge in [0, 0.05) is 10.1 Å². The summed E-state index contributed by atoms with van der Waals surface area (Å²) in [6.45, 7) is 4.01. The van der Waals surface area contributed by atoms with Gasteiger partial charge >= 0.3 is 0 Å². The monoisotopic (exact) mass is 260 g/mol. The Hall–Kier alpha value is -1.32. The Morgan fingerprint density at radius 3 is 2.44 bits per heavy atom. The lowest BCUT2D eigenvalue weighted by atomic mass is 9.94. The van der Waals surface area contributed by atoms with Crippen LogP contribution in [0, 0.1) is 6.92 Å². The lowest BCUT2D eigenvalue weighted by Crippen LogP contribution is -2.36. The molecule has 0 bridgehead atoms. The number of aryl methyl sites for hydroxylation is 1. The van der Waals surface area contributed by atoms with E-state index in [1.165, 1.54) is 17.7 Å². The zero-order valence-electron chi connectivity index (χ0n) is 10.5. The van der Waals surface area contributed by atoms with Crippen LogP contribution in [0.4, 0.5) is 0 Å². The second kappa shape index (κ2) is 5.12. The Morgan fingerprint density at radius 2 is 1.83 bits per heavy atom. The number of hydrogen-bond donors (Lipinski definition) is 1. The highest BCUT2D eigenvalue weighted by molar-refractivity contribution is 8.00. The lowest BCUT2D eigenvalue weighted by molar-refractivity contribution is -0.110. The largest absolute Gasteiger partial charge is 0.380 e. The fourth-order valence-corrected chi connectivity index (χ4v) is 2.92. The Kier molecular flexibility index (Phi) is 3.73. The molecule has 94 valence electrons. The predicted octanol–water partition coefficient (Wildman–Crippen LogP) is 2.90. The van der Waals surface area contributed by atoms with Gasteiger partial charge in [0.2, 0.25) is 0 Å². The van der Waals surface area contributed by atoms with Gasteiger partial charge in [0.1, 0.15) is 5.60 Å². The Bertz CT molecular complexity index is 501. The molecule has 2 rings (SSSR count). The van der Waals surface area contributed by atoms with Gasteiger partial charge in [-0.1, -0.05) is 18.2 Å². The van der Waals surface area contributed by atoms with Crippen molar-refractivity contribution in [1.29, 1.82) is 0 Å². The van der Waals surface area contributed by atoms with Crippen LogP contribution in [0.25, 0.3) is 0 Å². The molecular weight excluding hydrogens is 244 g/mol. The van der Waals surface area contributed by atoms with E-state index in [-0.39, 0.29) is 11.0 Å². The van der Waals surface area contributed by atoms with Crippen LogP contribution >= 0.6 is 11.8 Å². The Balaban J connectivity index is 2.16. The van der Waals surface area contributed by atoms with Gasteiger partial charge in [0.25, 0.3) is 0 Å². The summed E-state index contributed by atoms with van der Waals surface area (Å²) in [7, 11) is 0. The van der Waals surface area contributed by atoms with E-state index in [1.807, 2.05) is 25.1 Å². The highest BCUT2D eigenvalue weighted by Gasteiger charge is 2.31. The van der Waals surface area contributed by atoms with Crippen molar-refractivity contribution in [3.63, 3.8) is 0 Å². The number of thioether (sulfide) groups is 1. The first-order valence-electron chi connectivity index (χ1n) is 5.88. The van der Waals surface area contributed by atoms with Gasteiger partial charge in [-0.05, 0) is 49.8 Å². The molecule has 3 heteroatoms. The molecule has 0 radical (unpaired) electrons. The van der Waals surface area contributed by atoms with Crippen molar-refractivity contribution in [2.45, 2.75) is 29.6 Å². The maximum atomic E-state index is 11.1. The quantitative estimate of drug-likeness (QED) is 0.849. The minimum atomic E-state index is -1.05. The minimum absolute atomic E-state index is 0.0563. The third-order valence-corrected chi connectivity index (χ3v) is 4.52. The van der Waals surface area contributed by atoms with Gasteiger partial charge < -0.3 is 5.11 Å². The first-order valence-corrected chi connectivity index (χ1v) is 6.76. The molecule has 0 aliphatic heterocycles. The molecule has 0 fully saturated rings. The van der Waals surface area contributed by atoms with Crippen LogP contribution in [0.15, 0.2) is 53.5 Å². The SMILES string of the molecule is Cc1ccccc1SC(C)C1(O)C=CC(=O)C=C1. The van der Waals surface area contributed by atoms with Crippen LogP contribution in [0.3, 0.4) is 0 Å². The standard InChI is InChI=1S/C15H16O2S/c1-11-5-3-4-6-14(11)18-12(2)15(17)9-7-13(16)8-10-15/h3-10,12,17H,1-2H3. The zero-order chi connectivity index (χ0) is 13.2. The average molecular weight is 260 g/mol. The smallest absolute Gasteiger partial charge is 0.178 e. The molecule has 1 aromatic rings. The van der Waals surface area contributed by atoms with Gasteiger partial charge in [-0.25, -0.2) is 0 Å². The van der Waals surface area contributed by atoms with E-state index in [1.54, 1.807) is 23.9 Å². The summed E-state index contributed by atoms with van der Waals surface area (Å²) in [5, 5.41) is 10.4. The summed E-state index contributed by atoms with van der Waals surface area (Å²) >= 11 is 1.61. The third-order valence-electron chi connectivity index (χ3n) is 3.08. The summed E-state index contributed by atoms with van der Waals surface area (Å²) in [6.07, 6.45) is 6.00. The Morgan fingerprint density at radius 1 is 1.22 bits per heavy atom. The van der Waals surface area contributed by atoms with Gasteiger partial charge in [0.05, 0.1) is 0 Å². The van der Waals surface area contributed by atoms with Crippen LogP contribution in [0.5, 0.6) is 0 Å². The average Bonchev–Trinajstić information content (AvgIpc) is 2.36. The first kappa shape index (κ1) is 13.1. The van der Waals surface area contributed by atoms with Gasteiger partial charge in [0.15, 0.2) is 5.78 Å². The molecule has 1 atom stereocenters. The summed E-state index contributed by atoms with van der Waals surface area (Å²) in [4.78, 5) is 12.2. The number of rotatable bonds is 3.